The van der Waals surface area contributed by atoms with Gasteiger partial charge in [0.1, 0.15) is 17.5 Å². The topological polar surface area (TPSA) is 25.8 Å². The Balaban J connectivity index is 2.62. The summed E-state index contributed by atoms with van der Waals surface area (Å²) >= 11 is 6.29. The smallest absolute Gasteiger partial charge is 0.207 e. The monoisotopic (exact) mass is 250 g/mol. The lowest BCUT2D eigenvalue weighted by Gasteiger charge is -2.00. The van der Waals surface area contributed by atoms with Crippen molar-refractivity contribution in [1.82, 2.24) is 10.2 Å². The van der Waals surface area contributed by atoms with Crippen LogP contribution in [0.25, 0.3) is 10.6 Å². The lowest BCUT2D eigenvalue weighted by molar-refractivity contribution is 0.547. The molecular weight excluding hydrogens is 249 g/mol. The fourth-order valence-electron chi connectivity index (χ4n) is 1.05. The Bertz CT molecular complexity index is 491. The third-order valence-electron chi connectivity index (χ3n) is 1.62. The lowest BCUT2D eigenvalue weighted by Crippen LogP contribution is -1.91. The van der Waals surface area contributed by atoms with Gasteiger partial charge in [0.2, 0.25) is 4.47 Å². The van der Waals surface area contributed by atoms with E-state index in [1.807, 2.05) is 0 Å². The second kappa shape index (κ2) is 3.79. The summed E-state index contributed by atoms with van der Waals surface area (Å²) in [5, 5.41) is 6.86. The maximum Gasteiger partial charge on any atom is 0.207 e. The van der Waals surface area contributed by atoms with Crippen LogP contribution >= 0.6 is 22.9 Å². The Kier molecular flexibility index (Phi) is 2.62. The Morgan fingerprint density at radius 1 is 1.07 bits per heavy atom. The molecule has 0 amide bonds. The number of hydrogen-bond donors (Lipinski definition) is 0. The third kappa shape index (κ3) is 1.95. The van der Waals surface area contributed by atoms with Gasteiger partial charge in [0, 0.05) is 12.1 Å². The van der Waals surface area contributed by atoms with E-state index in [2.05, 4.69) is 10.2 Å². The molecule has 15 heavy (non-hydrogen) atoms. The van der Waals surface area contributed by atoms with Gasteiger partial charge in [-0.05, 0) is 11.6 Å². The van der Waals surface area contributed by atoms with E-state index in [1.165, 1.54) is 0 Å². The van der Waals surface area contributed by atoms with Crippen molar-refractivity contribution < 1.29 is 13.2 Å². The summed E-state index contributed by atoms with van der Waals surface area (Å²) in [5.74, 6) is -3.04. The van der Waals surface area contributed by atoms with E-state index in [1.54, 1.807) is 0 Å². The molecular formula is C8H2ClF3N2S. The molecule has 0 unspecified atom stereocenters. The lowest BCUT2D eigenvalue weighted by atomic mass is 10.2. The van der Waals surface area contributed by atoms with Crippen molar-refractivity contribution in [3.8, 4) is 10.6 Å². The van der Waals surface area contributed by atoms with Crippen molar-refractivity contribution in [2.45, 2.75) is 0 Å². The van der Waals surface area contributed by atoms with Crippen LogP contribution in [-0.2, 0) is 0 Å². The molecule has 78 valence electrons. The Morgan fingerprint density at radius 2 is 1.67 bits per heavy atom. The first-order valence-electron chi connectivity index (χ1n) is 3.72. The molecule has 2 nitrogen and oxygen atoms in total. The highest BCUT2D eigenvalue weighted by Gasteiger charge is 2.17. The van der Waals surface area contributed by atoms with Crippen LogP contribution in [-0.4, -0.2) is 10.2 Å². The first-order chi connectivity index (χ1) is 7.08. The summed E-state index contributed by atoms with van der Waals surface area (Å²) in [6.45, 7) is 0. The zero-order chi connectivity index (χ0) is 11.0. The summed E-state index contributed by atoms with van der Waals surface area (Å²) < 4.78 is 39.1. The molecule has 0 radical (unpaired) electrons. The van der Waals surface area contributed by atoms with E-state index in [0.717, 1.165) is 11.3 Å². The molecule has 2 rings (SSSR count). The molecule has 0 aliphatic carbocycles. The highest BCUT2D eigenvalue weighted by molar-refractivity contribution is 7.18. The van der Waals surface area contributed by atoms with Gasteiger partial charge in [-0.15, -0.1) is 10.2 Å². The Labute approximate surface area is 91.3 Å². The number of benzene rings is 1. The predicted octanol–water partition coefficient (Wildman–Crippen LogP) is 3.28. The predicted molar refractivity (Wildman–Crippen MR) is 50.2 cm³/mol. The van der Waals surface area contributed by atoms with E-state index >= 15 is 0 Å². The van der Waals surface area contributed by atoms with Crippen LogP contribution in [0.2, 0.25) is 4.47 Å². The fourth-order valence-corrected chi connectivity index (χ4v) is 1.93. The SMILES string of the molecule is Fc1cc(F)c(-c2nnc(Cl)s2)c(F)c1. The van der Waals surface area contributed by atoms with Gasteiger partial charge in [-0.25, -0.2) is 13.2 Å². The van der Waals surface area contributed by atoms with Crippen LogP contribution in [0.3, 0.4) is 0 Å². The molecule has 1 aromatic heterocycles. The molecule has 0 atom stereocenters. The van der Waals surface area contributed by atoms with E-state index < -0.39 is 23.0 Å². The van der Waals surface area contributed by atoms with Gasteiger partial charge in [-0.3, -0.25) is 0 Å². The normalized spacial score (nSPS) is 10.7. The van der Waals surface area contributed by atoms with Crippen molar-refractivity contribution in [2.24, 2.45) is 0 Å². The zero-order valence-electron chi connectivity index (χ0n) is 6.97. The molecule has 2 aromatic rings. The van der Waals surface area contributed by atoms with Crippen molar-refractivity contribution in [3.63, 3.8) is 0 Å². The first kappa shape index (κ1) is 10.4. The highest BCUT2D eigenvalue weighted by Crippen LogP contribution is 2.30. The van der Waals surface area contributed by atoms with Crippen molar-refractivity contribution in [1.29, 1.82) is 0 Å². The Hall–Kier alpha value is -1.14. The summed E-state index contributed by atoms with van der Waals surface area (Å²) in [7, 11) is 0. The summed E-state index contributed by atoms with van der Waals surface area (Å²) in [6, 6.07) is 1.15. The van der Waals surface area contributed by atoms with E-state index in [0.29, 0.717) is 12.1 Å². The van der Waals surface area contributed by atoms with E-state index in [4.69, 9.17) is 11.6 Å². The average molecular weight is 251 g/mol. The fraction of sp³-hybridized carbons (Fsp3) is 0. The summed E-state index contributed by atoms with van der Waals surface area (Å²) in [6.07, 6.45) is 0. The maximum atomic E-state index is 13.2. The standard InChI is InChI=1S/C8H2ClF3N2S/c9-8-14-13-7(15-8)6-4(11)1-3(10)2-5(6)12/h1-2H. The molecule has 1 aromatic carbocycles. The zero-order valence-corrected chi connectivity index (χ0v) is 8.54. The average Bonchev–Trinajstić information content (AvgIpc) is 2.49. The summed E-state index contributed by atoms with van der Waals surface area (Å²) in [4.78, 5) is 0. The molecule has 0 spiro atoms. The largest absolute Gasteiger partial charge is 0.207 e. The number of rotatable bonds is 1. The number of aromatic nitrogens is 2. The van der Waals surface area contributed by atoms with Gasteiger partial charge in [-0.1, -0.05) is 11.3 Å². The van der Waals surface area contributed by atoms with Gasteiger partial charge in [0.25, 0.3) is 0 Å². The molecule has 0 aliphatic rings. The van der Waals surface area contributed by atoms with Crippen molar-refractivity contribution in [2.75, 3.05) is 0 Å². The maximum absolute atomic E-state index is 13.2. The van der Waals surface area contributed by atoms with Gasteiger partial charge in [0.05, 0.1) is 5.56 Å². The molecule has 0 aliphatic heterocycles. The first-order valence-corrected chi connectivity index (χ1v) is 4.91. The quantitative estimate of drug-likeness (QED) is 0.776. The molecule has 1 heterocycles. The third-order valence-corrected chi connectivity index (χ3v) is 2.66. The van der Waals surface area contributed by atoms with Gasteiger partial charge in [0.15, 0.2) is 5.01 Å². The molecule has 0 saturated carbocycles. The van der Waals surface area contributed by atoms with Crippen LogP contribution in [0.4, 0.5) is 13.2 Å². The molecule has 7 heteroatoms. The van der Waals surface area contributed by atoms with Crippen LogP contribution in [0.5, 0.6) is 0 Å². The number of nitrogens with zero attached hydrogens (tertiary/aromatic N) is 2. The van der Waals surface area contributed by atoms with E-state index in [-0.39, 0.29) is 9.47 Å². The molecule has 0 fully saturated rings. The van der Waals surface area contributed by atoms with E-state index in [9.17, 15) is 13.2 Å². The minimum absolute atomic E-state index is 0.0185. The minimum atomic E-state index is -1.03. The molecule has 0 N–H and O–H groups in total. The summed E-state index contributed by atoms with van der Waals surface area (Å²) in [5.41, 5.74) is -0.416. The van der Waals surface area contributed by atoms with Crippen LogP contribution in [0, 0.1) is 17.5 Å². The van der Waals surface area contributed by atoms with Crippen LogP contribution in [0.1, 0.15) is 0 Å². The molecule has 0 bridgehead atoms. The van der Waals surface area contributed by atoms with Crippen molar-refractivity contribution >= 4 is 22.9 Å². The minimum Gasteiger partial charge on any atom is -0.207 e. The van der Waals surface area contributed by atoms with Crippen LogP contribution < -0.4 is 0 Å². The van der Waals surface area contributed by atoms with Crippen molar-refractivity contribution in [3.05, 3.63) is 34.1 Å². The highest BCUT2D eigenvalue weighted by atomic mass is 35.5. The number of hydrogen-bond acceptors (Lipinski definition) is 3. The second-order valence-corrected chi connectivity index (χ2v) is 4.16. The number of halogens is 4. The molecule has 0 saturated heterocycles. The van der Waals surface area contributed by atoms with Gasteiger partial charge >= 0.3 is 0 Å². The van der Waals surface area contributed by atoms with Crippen LogP contribution in [0.15, 0.2) is 12.1 Å². The Morgan fingerprint density at radius 3 is 2.13 bits per heavy atom. The van der Waals surface area contributed by atoms with Gasteiger partial charge in [-0.2, -0.15) is 0 Å². The second-order valence-electron chi connectivity index (χ2n) is 2.60. The van der Waals surface area contributed by atoms with Gasteiger partial charge < -0.3 is 0 Å².